The van der Waals surface area contributed by atoms with E-state index in [0.29, 0.717) is 17.3 Å². The fourth-order valence-corrected chi connectivity index (χ4v) is 9.87. The molecule has 3 heteroatoms. The zero-order valence-corrected chi connectivity index (χ0v) is 26.4. The van der Waals surface area contributed by atoms with Gasteiger partial charge in [0.1, 0.15) is 11.9 Å². The third kappa shape index (κ3) is 5.98. The minimum absolute atomic E-state index is 0.0296. The number of hydrogen-bond donors (Lipinski definition) is 1. The summed E-state index contributed by atoms with van der Waals surface area (Å²) in [5, 5.41) is 9.46. The SMILES string of the molecule is CCC(/C=C\[C@@H](C)[C@H]1CC[C@H]2[C@@H]3CC=C4C[C@@H](OC(=O)/C=C/c5ccc(O)cc5)CC[C@]4(C)[C@H]3CC[C@]12C)C(C)C. The maximum atomic E-state index is 12.6. The number of aromatic hydroxyl groups is 1. The van der Waals surface area contributed by atoms with Crippen molar-refractivity contribution in [3.05, 3.63) is 59.7 Å². The number of esters is 1. The van der Waals surface area contributed by atoms with E-state index in [2.05, 4.69) is 59.8 Å². The molecule has 0 heterocycles. The number of carbonyl (C=O) groups is 1. The number of carbonyl (C=O) groups excluding carboxylic acids is 1. The van der Waals surface area contributed by atoms with Gasteiger partial charge >= 0.3 is 5.97 Å². The Kier molecular flexibility index (Phi) is 8.93. The van der Waals surface area contributed by atoms with E-state index >= 15 is 0 Å². The van der Waals surface area contributed by atoms with Gasteiger partial charge in [-0.25, -0.2) is 4.79 Å². The number of fused-ring (bicyclic) bond motifs is 5. The third-order valence-electron chi connectivity index (χ3n) is 12.3. The average molecular weight is 559 g/mol. The Morgan fingerprint density at radius 3 is 2.49 bits per heavy atom. The van der Waals surface area contributed by atoms with Crippen molar-refractivity contribution in [3.63, 3.8) is 0 Å². The second-order valence-corrected chi connectivity index (χ2v) is 14.8. The van der Waals surface area contributed by atoms with E-state index in [-0.39, 0.29) is 23.2 Å². The topological polar surface area (TPSA) is 46.5 Å². The molecule has 9 atom stereocenters. The number of phenols is 1. The highest BCUT2D eigenvalue weighted by Gasteiger charge is 2.59. The molecule has 0 spiro atoms. The molecule has 1 N–H and O–H groups in total. The zero-order valence-electron chi connectivity index (χ0n) is 26.4. The van der Waals surface area contributed by atoms with E-state index in [4.69, 9.17) is 4.74 Å². The first kappa shape index (κ1) is 30.2. The van der Waals surface area contributed by atoms with Crippen molar-refractivity contribution in [1.82, 2.24) is 0 Å². The van der Waals surface area contributed by atoms with Crippen LogP contribution in [-0.2, 0) is 9.53 Å². The minimum Gasteiger partial charge on any atom is -0.508 e. The highest BCUT2D eigenvalue weighted by Crippen LogP contribution is 2.67. The largest absolute Gasteiger partial charge is 0.508 e. The molecule has 0 radical (unpaired) electrons. The third-order valence-corrected chi connectivity index (χ3v) is 12.3. The van der Waals surface area contributed by atoms with Crippen LogP contribution in [0, 0.1) is 52.3 Å². The van der Waals surface area contributed by atoms with Crippen molar-refractivity contribution in [2.24, 2.45) is 52.3 Å². The molecule has 1 aromatic carbocycles. The van der Waals surface area contributed by atoms with Crippen LogP contribution in [0.3, 0.4) is 0 Å². The predicted molar refractivity (Wildman–Crippen MR) is 169 cm³/mol. The Bertz CT molecular complexity index is 1160. The molecule has 0 amide bonds. The van der Waals surface area contributed by atoms with Crippen LogP contribution < -0.4 is 0 Å². The number of benzene rings is 1. The molecule has 41 heavy (non-hydrogen) atoms. The van der Waals surface area contributed by atoms with E-state index in [1.165, 1.54) is 44.6 Å². The Labute approximate surface area is 249 Å². The van der Waals surface area contributed by atoms with Crippen LogP contribution in [-0.4, -0.2) is 17.2 Å². The fourth-order valence-electron chi connectivity index (χ4n) is 9.87. The van der Waals surface area contributed by atoms with Crippen LogP contribution >= 0.6 is 0 Å². The van der Waals surface area contributed by atoms with E-state index in [9.17, 15) is 9.90 Å². The van der Waals surface area contributed by atoms with Gasteiger partial charge in [0.15, 0.2) is 0 Å². The van der Waals surface area contributed by atoms with Crippen molar-refractivity contribution in [1.29, 1.82) is 0 Å². The standard InChI is InChI=1S/C38H54O3/c1-7-28(25(2)3)12-8-26(4)33-17-18-34-32-16-13-29-24-31(20-22-37(29,5)35(32)21-23-38(33,34)6)41-36(40)19-11-27-9-14-30(39)15-10-27/h8-15,19,25-26,28,31-35,39H,7,16-18,20-24H2,1-6H3/b12-8-,19-11+/t26-,28?,31+,32+,33-,34+,35+,37+,38-/m1/s1. The van der Waals surface area contributed by atoms with Crippen molar-refractivity contribution in [2.75, 3.05) is 0 Å². The summed E-state index contributed by atoms with van der Waals surface area (Å²) in [5.74, 6) is 5.24. The van der Waals surface area contributed by atoms with E-state index in [0.717, 1.165) is 54.4 Å². The molecule has 3 fully saturated rings. The van der Waals surface area contributed by atoms with Crippen molar-refractivity contribution in [2.45, 2.75) is 105 Å². The molecule has 5 rings (SSSR count). The van der Waals surface area contributed by atoms with Crippen molar-refractivity contribution < 1.29 is 14.6 Å². The Morgan fingerprint density at radius 2 is 1.78 bits per heavy atom. The van der Waals surface area contributed by atoms with Crippen LogP contribution in [0.2, 0.25) is 0 Å². The molecule has 0 aromatic heterocycles. The summed E-state index contributed by atoms with van der Waals surface area (Å²) >= 11 is 0. The summed E-state index contributed by atoms with van der Waals surface area (Å²) < 4.78 is 5.93. The van der Waals surface area contributed by atoms with Crippen LogP contribution in [0.5, 0.6) is 5.75 Å². The summed E-state index contributed by atoms with van der Waals surface area (Å²) in [6, 6.07) is 6.84. The number of hydrogen-bond acceptors (Lipinski definition) is 3. The van der Waals surface area contributed by atoms with Crippen LogP contribution in [0.1, 0.15) is 105 Å². The molecule has 0 bridgehead atoms. The molecular weight excluding hydrogens is 504 g/mol. The van der Waals surface area contributed by atoms with Gasteiger partial charge in [0.05, 0.1) is 0 Å². The first-order chi connectivity index (χ1) is 19.5. The lowest BCUT2D eigenvalue weighted by Gasteiger charge is -2.58. The first-order valence-electron chi connectivity index (χ1n) is 16.6. The maximum absolute atomic E-state index is 12.6. The average Bonchev–Trinajstić information content (AvgIpc) is 3.30. The molecule has 1 unspecified atom stereocenters. The summed E-state index contributed by atoms with van der Waals surface area (Å²) in [6.07, 6.45) is 21.9. The normalized spacial score (nSPS) is 36.5. The van der Waals surface area contributed by atoms with Gasteiger partial charge in [0.25, 0.3) is 0 Å². The lowest BCUT2D eigenvalue weighted by atomic mass is 9.47. The van der Waals surface area contributed by atoms with E-state index in [1.807, 2.05) is 0 Å². The quantitative estimate of drug-likeness (QED) is 0.196. The second-order valence-electron chi connectivity index (χ2n) is 14.8. The van der Waals surface area contributed by atoms with Gasteiger partial charge in [-0.3, -0.25) is 0 Å². The van der Waals surface area contributed by atoms with Gasteiger partial charge in [0, 0.05) is 12.5 Å². The number of phenolic OH excluding ortho intramolecular Hbond substituents is 1. The van der Waals surface area contributed by atoms with E-state index < -0.39 is 0 Å². The zero-order chi connectivity index (χ0) is 29.4. The molecule has 0 aliphatic heterocycles. The van der Waals surface area contributed by atoms with E-state index in [1.54, 1.807) is 35.9 Å². The minimum atomic E-state index is -0.270. The Hall–Kier alpha value is -2.29. The first-order valence-corrected chi connectivity index (χ1v) is 16.6. The smallest absolute Gasteiger partial charge is 0.331 e. The van der Waals surface area contributed by atoms with Gasteiger partial charge in [-0.2, -0.15) is 0 Å². The van der Waals surface area contributed by atoms with Crippen molar-refractivity contribution >= 4 is 12.0 Å². The lowest BCUT2D eigenvalue weighted by Crippen LogP contribution is -2.51. The second kappa shape index (κ2) is 12.1. The highest BCUT2D eigenvalue weighted by atomic mass is 16.5. The van der Waals surface area contributed by atoms with Crippen LogP contribution in [0.25, 0.3) is 6.08 Å². The van der Waals surface area contributed by atoms with Crippen LogP contribution in [0.4, 0.5) is 0 Å². The maximum Gasteiger partial charge on any atom is 0.331 e. The molecule has 3 saturated carbocycles. The predicted octanol–water partition coefficient (Wildman–Crippen LogP) is 9.77. The summed E-state index contributed by atoms with van der Waals surface area (Å²) in [6.45, 7) is 14.7. The molecule has 4 aliphatic carbocycles. The summed E-state index contributed by atoms with van der Waals surface area (Å²) in [7, 11) is 0. The number of rotatable bonds is 8. The fraction of sp³-hybridized carbons (Fsp3) is 0.658. The van der Waals surface area contributed by atoms with Crippen molar-refractivity contribution in [3.8, 4) is 5.75 Å². The Balaban J connectivity index is 1.23. The molecule has 0 saturated heterocycles. The molecule has 224 valence electrons. The molecule has 1 aromatic rings. The van der Waals surface area contributed by atoms with Gasteiger partial charge in [0.2, 0.25) is 0 Å². The number of allylic oxidation sites excluding steroid dienone is 3. The van der Waals surface area contributed by atoms with Crippen LogP contribution in [0.15, 0.2) is 54.1 Å². The number of ether oxygens (including phenoxy) is 1. The highest BCUT2D eigenvalue weighted by molar-refractivity contribution is 5.87. The molecule has 4 aliphatic rings. The van der Waals surface area contributed by atoms with Gasteiger partial charge < -0.3 is 9.84 Å². The Morgan fingerprint density at radius 1 is 1.02 bits per heavy atom. The molecule has 3 nitrogen and oxygen atoms in total. The summed E-state index contributed by atoms with van der Waals surface area (Å²) in [4.78, 5) is 12.6. The lowest BCUT2D eigenvalue weighted by molar-refractivity contribution is -0.145. The summed E-state index contributed by atoms with van der Waals surface area (Å²) in [5.41, 5.74) is 3.15. The van der Waals surface area contributed by atoms with Gasteiger partial charge in [-0.1, -0.05) is 77.5 Å². The van der Waals surface area contributed by atoms with Gasteiger partial charge in [-0.15, -0.1) is 0 Å². The molecular formula is C38H54O3. The monoisotopic (exact) mass is 558 g/mol. The van der Waals surface area contributed by atoms with Gasteiger partial charge in [-0.05, 0) is 127 Å².